The lowest BCUT2D eigenvalue weighted by atomic mass is 10.1. The van der Waals surface area contributed by atoms with Gasteiger partial charge in [0.2, 0.25) is 5.89 Å². The van der Waals surface area contributed by atoms with Gasteiger partial charge in [0, 0.05) is 13.0 Å². The van der Waals surface area contributed by atoms with E-state index in [9.17, 15) is 4.79 Å². The molecule has 0 aromatic carbocycles. The molecular weight excluding hydrogens is 208 g/mol. The zero-order valence-corrected chi connectivity index (χ0v) is 9.82. The van der Waals surface area contributed by atoms with Crippen molar-refractivity contribution in [2.45, 2.75) is 32.6 Å². The summed E-state index contributed by atoms with van der Waals surface area (Å²) in [5.74, 6) is 1.44. The van der Waals surface area contributed by atoms with Crippen LogP contribution in [-0.4, -0.2) is 29.6 Å². The van der Waals surface area contributed by atoms with E-state index in [1.807, 2.05) is 0 Å². The maximum atomic E-state index is 11.3. The predicted molar refractivity (Wildman–Crippen MR) is 56.0 cm³/mol. The molecule has 88 valence electrons. The summed E-state index contributed by atoms with van der Waals surface area (Å²) in [6.07, 6.45) is 1.24. The minimum absolute atomic E-state index is 0.0484. The highest BCUT2D eigenvalue weighted by atomic mass is 16.5. The fraction of sp³-hybridized carbons (Fsp3) is 0.727. The van der Waals surface area contributed by atoms with E-state index in [-0.39, 0.29) is 24.2 Å². The van der Waals surface area contributed by atoms with Gasteiger partial charge >= 0.3 is 0 Å². The molecule has 0 bridgehead atoms. The first-order valence-corrected chi connectivity index (χ1v) is 5.36. The average Bonchev–Trinajstić information content (AvgIpc) is 2.63. The summed E-state index contributed by atoms with van der Waals surface area (Å²) in [4.78, 5) is 15.5. The standard InChI is InChI=1S/C11H16N2O3/c1-11(2)5-8(11)10-12-9(16-13-10)4-7(14)6-15-3/h8H,4-6H2,1-3H3. The molecule has 1 heterocycles. The van der Waals surface area contributed by atoms with Crippen molar-refractivity contribution in [3.8, 4) is 0 Å². The second kappa shape index (κ2) is 3.97. The number of nitrogens with zero attached hydrogens (tertiary/aromatic N) is 2. The van der Waals surface area contributed by atoms with Gasteiger partial charge in [-0.1, -0.05) is 19.0 Å². The van der Waals surface area contributed by atoms with Gasteiger partial charge in [-0.05, 0) is 11.8 Å². The van der Waals surface area contributed by atoms with Gasteiger partial charge in [0.25, 0.3) is 0 Å². The van der Waals surface area contributed by atoms with E-state index in [0.717, 1.165) is 12.2 Å². The molecule has 2 rings (SSSR count). The van der Waals surface area contributed by atoms with Crippen LogP contribution in [0.4, 0.5) is 0 Å². The lowest BCUT2D eigenvalue weighted by molar-refractivity contribution is -0.122. The molecule has 1 saturated carbocycles. The first-order valence-electron chi connectivity index (χ1n) is 5.36. The van der Waals surface area contributed by atoms with Crippen LogP contribution in [0.25, 0.3) is 0 Å². The van der Waals surface area contributed by atoms with Gasteiger partial charge in [0.05, 0.1) is 6.42 Å². The summed E-state index contributed by atoms with van der Waals surface area (Å²) in [6, 6.07) is 0. The summed E-state index contributed by atoms with van der Waals surface area (Å²) in [6.45, 7) is 4.43. The largest absolute Gasteiger partial charge is 0.377 e. The van der Waals surface area contributed by atoms with E-state index >= 15 is 0 Å². The third-order valence-corrected chi connectivity index (χ3v) is 2.96. The molecule has 0 amide bonds. The Bertz CT molecular complexity index is 398. The van der Waals surface area contributed by atoms with Crippen molar-refractivity contribution in [1.82, 2.24) is 10.1 Å². The van der Waals surface area contributed by atoms with Crippen molar-refractivity contribution in [3.63, 3.8) is 0 Å². The molecule has 0 radical (unpaired) electrons. The third kappa shape index (κ3) is 2.29. The number of rotatable bonds is 5. The number of aromatic nitrogens is 2. The Labute approximate surface area is 94.2 Å². The predicted octanol–water partition coefficient (Wildman–Crippen LogP) is 1.34. The van der Waals surface area contributed by atoms with Gasteiger partial charge in [0.1, 0.15) is 6.61 Å². The first kappa shape index (κ1) is 11.3. The molecule has 1 atom stereocenters. The summed E-state index contributed by atoms with van der Waals surface area (Å²) >= 11 is 0. The van der Waals surface area contributed by atoms with E-state index in [1.54, 1.807) is 0 Å². The molecule has 1 aliphatic carbocycles. The second-order valence-electron chi connectivity index (χ2n) is 4.94. The van der Waals surface area contributed by atoms with Gasteiger partial charge in [-0.2, -0.15) is 4.98 Å². The summed E-state index contributed by atoms with van der Waals surface area (Å²) in [5, 5.41) is 3.91. The smallest absolute Gasteiger partial charge is 0.234 e. The van der Waals surface area contributed by atoms with Crippen molar-refractivity contribution >= 4 is 5.78 Å². The zero-order valence-electron chi connectivity index (χ0n) is 9.82. The van der Waals surface area contributed by atoms with Crippen molar-refractivity contribution < 1.29 is 14.1 Å². The highest BCUT2D eigenvalue weighted by Crippen LogP contribution is 2.57. The minimum atomic E-state index is -0.0484. The molecule has 1 aromatic heterocycles. The van der Waals surface area contributed by atoms with Crippen LogP contribution in [0.1, 0.15) is 37.9 Å². The van der Waals surface area contributed by atoms with E-state index in [1.165, 1.54) is 7.11 Å². The highest BCUT2D eigenvalue weighted by molar-refractivity contribution is 5.81. The zero-order chi connectivity index (χ0) is 11.8. The fourth-order valence-electron chi connectivity index (χ4n) is 1.77. The van der Waals surface area contributed by atoms with Crippen LogP contribution in [0.2, 0.25) is 0 Å². The van der Waals surface area contributed by atoms with Crippen LogP contribution in [0.5, 0.6) is 0 Å². The van der Waals surface area contributed by atoms with Gasteiger partial charge in [-0.3, -0.25) is 4.79 Å². The number of hydrogen-bond donors (Lipinski definition) is 0. The molecule has 1 aromatic rings. The van der Waals surface area contributed by atoms with E-state index in [2.05, 4.69) is 24.0 Å². The molecule has 1 unspecified atom stereocenters. The number of ketones is 1. The number of carbonyl (C=O) groups is 1. The molecule has 0 aliphatic heterocycles. The van der Waals surface area contributed by atoms with E-state index in [0.29, 0.717) is 11.8 Å². The maximum absolute atomic E-state index is 11.3. The van der Waals surface area contributed by atoms with Crippen LogP contribution >= 0.6 is 0 Å². The van der Waals surface area contributed by atoms with Crippen molar-refractivity contribution in [2.75, 3.05) is 13.7 Å². The number of ether oxygens (including phenoxy) is 1. The lowest BCUT2D eigenvalue weighted by Crippen LogP contribution is -2.09. The maximum Gasteiger partial charge on any atom is 0.234 e. The third-order valence-electron chi connectivity index (χ3n) is 2.96. The Morgan fingerprint density at radius 1 is 1.62 bits per heavy atom. The minimum Gasteiger partial charge on any atom is -0.377 e. The van der Waals surface area contributed by atoms with Gasteiger partial charge < -0.3 is 9.26 Å². The molecule has 0 spiro atoms. The highest BCUT2D eigenvalue weighted by Gasteiger charge is 2.49. The van der Waals surface area contributed by atoms with Crippen LogP contribution < -0.4 is 0 Å². The quantitative estimate of drug-likeness (QED) is 0.755. The van der Waals surface area contributed by atoms with Crippen molar-refractivity contribution in [3.05, 3.63) is 11.7 Å². The number of carbonyl (C=O) groups excluding carboxylic acids is 1. The van der Waals surface area contributed by atoms with E-state index < -0.39 is 0 Å². The molecule has 1 aliphatic rings. The average molecular weight is 224 g/mol. The molecule has 1 fully saturated rings. The SMILES string of the molecule is COCC(=O)Cc1nc(C2CC2(C)C)no1. The normalized spacial score (nSPS) is 22.1. The summed E-state index contributed by atoms with van der Waals surface area (Å²) in [7, 11) is 1.49. The lowest BCUT2D eigenvalue weighted by Gasteiger charge is -1.96. The van der Waals surface area contributed by atoms with Crippen molar-refractivity contribution in [2.24, 2.45) is 5.41 Å². The van der Waals surface area contributed by atoms with E-state index in [4.69, 9.17) is 9.26 Å². The Balaban J connectivity index is 1.96. The summed E-state index contributed by atoms with van der Waals surface area (Å²) in [5.41, 5.74) is 0.275. The summed E-state index contributed by atoms with van der Waals surface area (Å²) < 4.78 is 9.77. The molecule has 0 saturated heterocycles. The van der Waals surface area contributed by atoms with Crippen LogP contribution in [-0.2, 0) is 16.0 Å². The molecular formula is C11H16N2O3. The molecule has 16 heavy (non-hydrogen) atoms. The first-order chi connectivity index (χ1) is 7.53. The Morgan fingerprint density at radius 2 is 2.31 bits per heavy atom. The molecule has 5 nitrogen and oxygen atoms in total. The Morgan fingerprint density at radius 3 is 2.88 bits per heavy atom. The van der Waals surface area contributed by atoms with Crippen molar-refractivity contribution in [1.29, 1.82) is 0 Å². The topological polar surface area (TPSA) is 65.2 Å². The Kier molecular flexibility index (Phi) is 2.80. The van der Waals surface area contributed by atoms with Gasteiger partial charge in [0.15, 0.2) is 11.6 Å². The van der Waals surface area contributed by atoms with Crippen LogP contribution in [0.3, 0.4) is 0 Å². The molecule has 5 heteroatoms. The second-order valence-corrected chi connectivity index (χ2v) is 4.94. The van der Waals surface area contributed by atoms with Gasteiger partial charge in [-0.25, -0.2) is 0 Å². The Hall–Kier alpha value is -1.23. The molecule has 0 N–H and O–H groups in total. The number of methoxy groups -OCH3 is 1. The van der Waals surface area contributed by atoms with Gasteiger partial charge in [-0.15, -0.1) is 0 Å². The monoisotopic (exact) mass is 224 g/mol. The number of hydrogen-bond acceptors (Lipinski definition) is 5. The fourth-order valence-corrected chi connectivity index (χ4v) is 1.77. The van der Waals surface area contributed by atoms with Crippen LogP contribution in [0, 0.1) is 5.41 Å². The number of Topliss-reactive ketones (excluding diaryl/α,β-unsaturated/α-hetero) is 1. The van der Waals surface area contributed by atoms with Crippen LogP contribution in [0.15, 0.2) is 4.52 Å².